The Morgan fingerprint density at radius 1 is 1.32 bits per heavy atom. The summed E-state index contributed by atoms with van der Waals surface area (Å²) in [5, 5.41) is 0. The number of fused-ring (bicyclic) bond motifs is 1. The van der Waals surface area contributed by atoms with Crippen molar-refractivity contribution in [3.8, 4) is 0 Å². The molecule has 0 amide bonds. The van der Waals surface area contributed by atoms with E-state index in [1.54, 1.807) is 11.8 Å². The molecule has 5 heteroatoms. The molecule has 19 heavy (non-hydrogen) atoms. The Labute approximate surface area is 116 Å². The first-order valence-electron chi connectivity index (χ1n) is 6.50. The molecule has 0 spiro atoms. The molecule has 0 aromatic heterocycles. The molecule has 1 aliphatic rings. The van der Waals surface area contributed by atoms with Gasteiger partial charge in [0.1, 0.15) is 0 Å². The zero-order valence-corrected chi connectivity index (χ0v) is 11.7. The summed E-state index contributed by atoms with van der Waals surface area (Å²) in [5.41, 5.74) is 1.20. The third kappa shape index (κ3) is 4.14. The van der Waals surface area contributed by atoms with Crippen LogP contribution in [0.2, 0.25) is 0 Å². The molecule has 0 saturated heterocycles. The van der Waals surface area contributed by atoms with E-state index in [0.29, 0.717) is 13.1 Å². The van der Waals surface area contributed by atoms with Gasteiger partial charge in [0.15, 0.2) is 0 Å². The Balaban J connectivity index is 2.02. The smallest absolute Gasteiger partial charge is 0.294 e. The van der Waals surface area contributed by atoms with Gasteiger partial charge in [-0.05, 0) is 24.6 Å². The Morgan fingerprint density at radius 3 is 2.74 bits per heavy atom. The molecule has 2 rings (SSSR count). The summed E-state index contributed by atoms with van der Waals surface area (Å²) in [4.78, 5) is 2.75. The van der Waals surface area contributed by atoms with E-state index in [9.17, 15) is 13.2 Å². The van der Waals surface area contributed by atoms with Gasteiger partial charge in [-0.25, -0.2) is 0 Å². The quantitative estimate of drug-likeness (QED) is 0.801. The predicted molar refractivity (Wildman–Crippen MR) is 72.7 cm³/mol. The maximum absolute atomic E-state index is 12.6. The van der Waals surface area contributed by atoms with Crippen LogP contribution in [0.1, 0.15) is 24.8 Å². The van der Waals surface area contributed by atoms with E-state index < -0.39 is 12.7 Å². The van der Waals surface area contributed by atoms with Gasteiger partial charge in [-0.1, -0.05) is 25.1 Å². The Kier molecular flexibility index (Phi) is 4.79. The van der Waals surface area contributed by atoms with Gasteiger partial charge in [0, 0.05) is 23.1 Å². The van der Waals surface area contributed by atoms with Crippen molar-refractivity contribution >= 4 is 11.8 Å². The highest BCUT2D eigenvalue weighted by Crippen LogP contribution is 2.39. The maximum Gasteiger partial charge on any atom is 0.401 e. The monoisotopic (exact) mass is 289 g/mol. The minimum atomic E-state index is -4.11. The second-order valence-corrected chi connectivity index (χ2v) is 5.96. The van der Waals surface area contributed by atoms with Crippen molar-refractivity contribution in [1.82, 2.24) is 4.90 Å². The van der Waals surface area contributed by atoms with Crippen LogP contribution in [0.25, 0.3) is 0 Å². The van der Waals surface area contributed by atoms with Crippen molar-refractivity contribution in [3.05, 3.63) is 29.8 Å². The fourth-order valence-electron chi connectivity index (χ4n) is 2.50. The van der Waals surface area contributed by atoms with Crippen molar-refractivity contribution in [2.75, 3.05) is 25.4 Å². The third-order valence-electron chi connectivity index (χ3n) is 3.22. The minimum absolute atomic E-state index is 0.218. The van der Waals surface area contributed by atoms with E-state index in [1.807, 2.05) is 31.2 Å². The fourth-order valence-corrected chi connectivity index (χ4v) is 3.74. The average molecular weight is 289 g/mol. The summed E-state index contributed by atoms with van der Waals surface area (Å²) in [7, 11) is 0. The first kappa shape index (κ1) is 14.7. The Morgan fingerprint density at radius 2 is 2.05 bits per heavy atom. The lowest BCUT2D eigenvalue weighted by Crippen LogP contribution is -2.37. The van der Waals surface area contributed by atoms with Gasteiger partial charge in [0.2, 0.25) is 0 Å². The summed E-state index contributed by atoms with van der Waals surface area (Å²) < 4.78 is 37.7. The normalized spacial score (nSPS) is 18.9. The van der Waals surface area contributed by atoms with Crippen molar-refractivity contribution in [2.45, 2.75) is 30.3 Å². The highest BCUT2D eigenvalue weighted by Gasteiger charge is 2.32. The molecule has 1 aromatic rings. The number of nitrogens with zero attached hydrogens (tertiary/aromatic N) is 1. The largest absolute Gasteiger partial charge is 0.401 e. The number of benzene rings is 1. The Bertz CT molecular complexity index is 419. The van der Waals surface area contributed by atoms with Crippen LogP contribution in [0, 0.1) is 0 Å². The summed E-state index contributed by atoms with van der Waals surface area (Å²) >= 11 is 1.75. The highest BCUT2D eigenvalue weighted by atomic mass is 32.2. The van der Waals surface area contributed by atoms with Gasteiger partial charge in [-0.2, -0.15) is 13.2 Å². The van der Waals surface area contributed by atoms with Gasteiger partial charge in [-0.3, -0.25) is 4.90 Å². The van der Waals surface area contributed by atoms with E-state index in [4.69, 9.17) is 0 Å². The molecule has 0 saturated carbocycles. The van der Waals surface area contributed by atoms with Crippen LogP contribution in [0.3, 0.4) is 0 Å². The van der Waals surface area contributed by atoms with Crippen LogP contribution in [0.4, 0.5) is 13.2 Å². The van der Waals surface area contributed by atoms with Crippen molar-refractivity contribution in [2.24, 2.45) is 0 Å². The molecular weight excluding hydrogens is 271 g/mol. The number of hydrogen-bond donors (Lipinski definition) is 0. The molecule has 0 radical (unpaired) electrons. The molecule has 106 valence electrons. The average Bonchev–Trinajstić information content (AvgIpc) is 2.71. The summed E-state index contributed by atoms with van der Waals surface area (Å²) in [6.07, 6.45) is -3.36. The number of rotatable bonds is 5. The van der Waals surface area contributed by atoms with E-state index in [-0.39, 0.29) is 5.92 Å². The standard InChI is InChI=1S/C14H18F3NS/c1-2-7-18(10-14(15,16)17)8-11-9-19-13-6-4-3-5-12(11)13/h3-6,11H,2,7-10H2,1H3. The third-order valence-corrected chi connectivity index (χ3v) is 4.47. The van der Waals surface area contributed by atoms with Crippen LogP contribution < -0.4 is 0 Å². The van der Waals surface area contributed by atoms with E-state index >= 15 is 0 Å². The zero-order chi connectivity index (χ0) is 13.9. The Hall–Kier alpha value is -0.680. The van der Waals surface area contributed by atoms with Crippen molar-refractivity contribution in [1.29, 1.82) is 0 Å². The topological polar surface area (TPSA) is 3.24 Å². The van der Waals surface area contributed by atoms with Crippen LogP contribution in [0.15, 0.2) is 29.2 Å². The lowest BCUT2D eigenvalue weighted by atomic mass is 10.0. The minimum Gasteiger partial charge on any atom is -0.294 e. The molecule has 0 bridgehead atoms. The fraction of sp³-hybridized carbons (Fsp3) is 0.571. The summed E-state index contributed by atoms with van der Waals surface area (Å²) in [6.45, 7) is 2.12. The van der Waals surface area contributed by atoms with Gasteiger partial charge in [0.25, 0.3) is 0 Å². The lowest BCUT2D eigenvalue weighted by Gasteiger charge is -2.26. The van der Waals surface area contributed by atoms with E-state index in [0.717, 1.165) is 12.2 Å². The molecule has 1 aromatic carbocycles. The van der Waals surface area contributed by atoms with Gasteiger partial charge >= 0.3 is 6.18 Å². The number of thioether (sulfide) groups is 1. The molecule has 1 atom stereocenters. The molecule has 1 unspecified atom stereocenters. The van der Waals surface area contributed by atoms with Gasteiger partial charge in [-0.15, -0.1) is 11.8 Å². The van der Waals surface area contributed by atoms with E-state index in [2.05, 4.69) is 0 Å². The molecule has 0 aliphatic carbocycles. The van der Waals surface area contributed by atoms with Gasteiger partial charge < -0.3 is 0 Å². The van der Waals surface area contributed by atoms with Crippen LogP contribution in [-0.2, 0) is 0 Å². The summed E-state index contributed by atoms with van der Waals surface area (Å²) in [5.74, 6) is 1.10. The molecular formula is C14H18F3NS. The predicted octanol–water partition coefficient (Wildman–Crippen LogP) is 4.15. The van der Waals surface area contributed by atoms with Crippen LogP contribution in [-0.4, -0.2) is 36.5 Å². The molecule has 1 aliphatic heterocycles. The molecule has 1 heterocycles. The maximum atomic E-state index is 12.6. The lowest BCUT2D eigenvalue weighted by molar-refractivity contribution is -0.146. The van der Waals surface area contributed by atoms with E-state index in [1.165, 1.54) is 15.4 Å². The van der Waals surface area contributed by atoms with Crippen molar-refractivity contribution < 1.29 is 13.2 Å². The number of halogens is 3. The van der Waals surface area contributed by atoms with Crippen molar-refractivity contribution in [3.63, 3.8) is 0 Å². The second-order valence-electron chi connectivity index (χ2n) is 4.90. The first-order valence-corrected chi connectivity index (χ1v) is 7.49. The van der Waals surface area contributed by atoms with Crippen LogP contribution >= 0.6 is 11.8 Å². The SMILES string of the molecule is CCCN(CC1CSc2ccccc21)CC(F)(F)F. The number of hydrogen-bond acceptors (Lipinski definition) is 2. The molecule has 0 fully saturated rings. The summed E-state index contributed by atoms with van der Waals surface area (Å²) in [6, 6.07) is 8.03. The second kappa shape index (κ2) is 6.18. The first-order chi connectivity index (χ1) is 8.99. The zero-order valence-electron chi connectivity index (χ0n) is 10.9. The van der Waals surface area contributed by atoms with Crippen LogP contribution in [0.5, 0.6) is 0 Å². The molecule has 0 N–H and O–H groups in total. The highest BCUT2D eigenvalue weighted by molar-refractivity contribution is 7.99. The van der Waals surface area contributed by atoms with Gasteiger partial charge in [0.05, 0.1) is 6.54 Å². The number of alkyl halides is 3. The molecule has 1 nitrogen and oxygen atoms in total.